The van der Waals surface area contributed by atoms with Crippen LogP contribution in [0.15, 0.2) is 36.7 Å². The Morgan fingerprint density at radius 2 is 2.00 bits per heavy atom. The lowest BCUT2D eigenvalue weighted by atomic mass is 10.00. The summed E-state index contributed by atoms with van der Waals surface area (Å²) in [5.41, 5.74) is 1.60. The van der Waals surface area contributed by atoms with E-state index in [-0.39, 0.29) is 11.9 Å². The zero-order chi connectivity index (χ0) is 18.5. The van der Waals surface area contributed by atoms with Crippen LogP contribution in [0.3, 0.4) is 0 Å². The van der Waals surface area contributed by atoms with Crippen LogP contribution in [-0.2, 0) is 4.74 Å². The molecule has 1 aliphatic rings. The van der Waals surface area contributed by atoms with Crippen LogP contribution in [0.25, 0.3) is 0 Å². The minimum atomic E-state index is -0.387. The Morgan fingerprint density at radius 1 is 1.23 bits per heavy atom. The molecule has 1 aliphatic heterocycles. The number of anilines is 2. The normalized spacial score (nSPS) is 16.8. The topological polar surface area (TPSA) is 84.4 Å². The molecule has 1 saturated heterocycles. The van der Waals surface area contributed by atoms with Crippen molar-refractivity contribution in [1.82, 2.24) is 14.9 Å². The second kappa shape index (κ2) is 7.95. The monoisotopic (exact) mass is 354 g/mol. The number of hydrogen-bond donors (Lipinski definition) is 1. The van der Waals surface area contributed by atoms with Gasteiger partial charge in [-0.25, -0.2) is 14.8 Å². The van der Waals surface area contributed by atoms with Crippen LogP contribution >= 0.6 is 0 Å². The van der Waals surface area contributed by atoms with Crippen LogP contribution in [0, 0.1) is 5.92 Å². The van der Waals surface area contributed by atoms with Crippen LogP contribution in [-0.4, -0.2) is 46.9 Å². The van der Waals surface area contributed by atoms with E-state index >= 15 is 0 Å². The molecule has 1 aromatic heterocycles. The number of amides is 1. The zero-order valence-electron chi connectivity index (χ0n) is 14.9. The fraction of sp³-hybridized carbons (Fsp3) is 0.368. The molecule has 136 valence electrons. The first kappa shape index (κ1) is 17.8. The molecule has 0 spiro atoms. The largest absolute Gasteiger partial charge is 0.465 e. The van der Waals surface area contributed by atoms with Gasteiger partial charge in [0.1, 0.15) is 17.8 Å². The van der Waals surface area contributed by atoms with Gasteiger partial charge in [-0.3, -0.25) is 4.79 Å². The maximum atomic E-state index is 12.7. The summed E-state index contributed by atoms with van der Waals surface area (Å²) in [5.74, 6) is 0.588. The average Bonchev–Trinajstić information content (AvgIpc) is 2.67. The van der Waals surface area contributed by atoms with Crippen molar-refractivity contribution < 1.29 is 14.3 Å². The van der Waals surface area contributed by atoms with Crippen LogP contribution in [0.2, 0.25) is 0 Å². The van der Waals surface area contributed by atoms with Crippen LogP contribution < -0.4 is 5.32 Å². The van der Waals surface area contributed by atoms with Gasteiger partial charge in [0.15, 0.2) is 0 Å². The maximum absolute atomic E-state index is 12.7. The number of hydrogen-bond acceptors (Lipinski definition) is 6. The number of carbonyl (C=O) groups excluding carboxylic acids is 2. The molecule has 7 nitrogen and oxygen atoms in total. The van der Waals surface area contributed by atoms with E-state index in [0.717, 1.165) is 31.6 Å². The maximum Gasteiger partial charge on any atom is 0.337 e. The van der Waals surface area contributed by atoms with Crippen molar-refractivity contribution in [3.05, 3.63) is 47.9 Å². The van der Waals surface area contributed by atoms with Crippen molar-refractivity contribution in [2.75, 3.05) is 25.5 Å². The van der Waals surface area contributed by atoms with Gasteiger partial charge in [0, 0.05) is 24.8 Å². The summed E-state index contributed by atoms with van der Waals surface area (Å²) in [6.07, 6.45) is 3.56. The number of benzene rings is 1. The van der Waals surface area contributed by atoms with E-state index in [0.29, 0.717) is 23.0 Å². The first-order chi connectivity index (χ1) is 12.6. The molecule has 1 atom stereocenters. The fourth-order valence-electron chi connectivity index (χ4n) is 3.03. The van der Waals surface area contributed by atoms with E-state index in [1.54, 1.807) is 30.3 Å². The number of aromatic nitrogens is 2. The van der Waals surface area contributed by atoms with E-state index in [9.17, 15) is 9.59 Å². The van der Waals surface area contributed by atoms with E-state index in [1.165, 1.54) is 13.4 Å². The number of piperidine rings is 1. The second-order valence-corrected chi connectivity index (χ2v) is 6.48. The molecule has 1 amide bonds. The lowest BCUT2D eigenvalue weighted by Gasteiger charge is -2.30. The van der Waals surface area contributed by atoms with Crippen molar-refractivity contribution in [1.29, 1.82) is 0 Å². The summed E-state index contributed by atoms with van der Waals surface area (Å²) in [6, 6.07) is 8.48. The SMILES string of the molecule is COC(=O)c1ccc(Nc2cc(C(=O)N3CCCC(C)C3)ncn2)cc1. The number of rotatable bonds is 4. The third-order valence-corrected chi connectivity index (χ3v) is 4.41. The predicted octanol–water partition coefficient (Wildman–Crippen LogP) is 2.88. The molecule has 1 unspecified atom stereocenters. The summed E-state index contributed by atoms with van der Waals surface area (Å²) in [4.78, 5) is 34.3. The van der Waals surface area contributed by atoms with Gasteiger partial charge < -0.3 is 15.0 Å². The lowest BCUT2D eigenvalue weighted by Crippen LogP contribution is -2.39. The Labute approximate surface area is 152 Å². The number of methoxy groups -OCH3 is 1. The first-order valence-electron chi connectivity index (χ1n) is 8.63. The Balaban J connectivity index is 1.71. The number of esters is 1. The third kappa shape index (κ3) is 4.17. The minimum Gasteiger partial charge on any atom is -0.465 e. The third-order valence-electron chi connectivity index (χ3n) is 4.41. The highest BCUT2D eigenvalue weighted by Crippen LogP contribution is 2.19. The highest BCUT2D eigenvalue weighted by molar-refractivity contribution is 5.93. The molecule has 26 heavy (non-hydrogen) atoms. The van der Waals surface area contributed by atoms with Gasteiger partial charge in [0.2, 0.25) is 0 Å². The first-order valence-corrected chi connectivity index (χ1v) is 8.63. The standard InChI is InChI=1S/C19H22N4O3/c1-13-4-3-9-23(11-13)18(24)16-10-17(21-12-20-16)22-15-7-5-14(6-8-15)19(25)26-2/h5-8,10,12-13H,3-4,9,11H2,1-2H3,(H,20,21,22). The summed E-state index contributed by atoms with van der Waals surface area (Å²) >= 11 is 0. The zero-order valence-corrected chi connectivity index (χ0v) is 14.9. The Bertz CT molecular complexity index is 792. The number of carbonyl (C=O) groups is 2. The number of ether oxygens (including phenoxy) is 1. The van der Waals surface area contributed by atoms with Crippen LogP contribution in [0.4, 0.5) is 11.5 Å². The number of nitrogens with zero attached hydrogens (tertiary/aromatic N) is 3. The molecule has 0 saturated carbocycles. The van der Waals surface area contributed by atoms with Gasteiger partial charge in [0.25, 0.3) is 5.91 Å². The Kier molecular flexibility index (Phi) is 5.46. The quantitative estimate of drug-likeness (QED) is 0.850. The van der Waals surface area contributed by atoms with Crippen molar-refractivity contribution in [2.24, 2.45) is 5.92 Å². The molecular weight excluding hydrogens is 332 g/mol. The number of likely N-dealkylation sites (tertiary alicyclic amines) is 1. The van der Waals surface area contributed by atoms with Crippen LogP contribution in [0.5, 0.6) is 0 Å². The molecule has 2 heterocycles. The summed E-state index contributed by atoms with van der Waals surface area (Å²) in [6.45, 7) is 3.69. The van der Waals surface area contributed by atoms with E-state index in [1.807, 2.05) is 4.90 Å². The molecular formula is C19H22N4O3. The lowest BCUT2D eigenvalue weighted by molar-refractivity contribution is 0.0600. The average molecular weight is 354 g/mol. The van der Waals surface area contributed by atoms with Gasteiger partial charge in [-0.15, -0.1) is 0 Å². The molecule has 0 aliphatic carbocycles. The summed E-state index contributed by atoms with van der Waals surface area (Å²) < 4.78 is 4.68. The molecule has 1 fully saturated rings. The highest BCUT2D eigenvalue weighted by atomic mass is 16.5. The van der Waals surface area contributed by atoms with Crippen molar-refractivity contribution in [3.63, 3.8) is 0 Å². The molecule has 1 aromatic carbocycles. The fourth-order valence-corrected chi connectivity index (χ4v) is 3.03. The molecule has 1 N–H and O–H groups in total. The summed E-state index contributed by atoms with van der Waals surface area (Å²) in [7, 11) is 1.34. The van der Waals surface area contributed by atoms with Gasteiger partial charge in [-0.05, 0) is 43.0 Å². The van der Waals surface area contributed by atoms with Crippen molar-refractivity contribution in [2.45, 2.75) is 19.8 Å². The minimum absolute atomic E-state index is 0.0666. The van der Waals surface area contributed by atoms with Gasteiger partial charge in [-0.2, -0.15) is 0 Å². The highest BCUT2D eigenvalue weighted by Gasteiger charge is 2.23. The van der Waals surface area contributed by atoms with E-state index in [2.05, 4.69) is 26.9 Å². The van der Waals surface area contributed by atoms with Gasteiger partial charge in [0.05, 0.1) is 12.7 Å². The van der Waals surface area contributed by atoms with Crippen molar-refractivity contribution >= 4 is 23.4 Å². The molecule has 0 radical (unpaired) electrons. The van der Waals surface area contributed by atoms with Crippen molar-refractivity contribution in [3.8, 4) is 0 Å². The van der Waals surface area contributed by atoms with Gasteiger partial charge in [-0.1, -0.05) is 6.92 Å². The second-order valence-electron chi connectivity index (χ2n) is 6.48. The molecule has 3 rings (SSSR count). The predicted molar refractivity (Wildman–Crippen MR) is 97.4 cm³/mol. The smallest absolute Gasteiger partial charge is 0.337 e. The van der Waals surface area contributed by atoms with E-state index in [4.69, 9.17) is 0 Å². The number of nitrogens with one attached hydrogen (secondary N) is 1. The summed E-state index contributed by atoms with van der Waals surface area (Å²) in [5, 5.41) is 3.12. The van der Waals surface area contributed by atoms with Gasteiger partial charge >= 0.3 is 5.97 Å². The molecule has 2 aromatic rings. The Hall–Kier alpha value is -2.96. The van der Waals surface area contributed by atoms with E-state index < -0.39 is 0 Å². The molecule has 0 bridgehead atoms. The Morgan fingerprint density at radius 3 is 2.69 bits per heavy atom. The van der Waals surface area contributed by atoms with Crippen LogP contribution in [0.1, 0.15) is 40.6 Å². The molecule has 7 heteroatoms.